The Kier molecular flexibility index (Phi) is 4.68. The fourth-order valence-electron chi connectivity index (χ4n) is 3.48. The fourth-order valence-corrected chi connectivity index (χ4v) is 3.48. The molecule has 5 nitrogen and oxygen atoms in total. The second-order valence-electron chi connectivity index (χ2n) is 7.74. The molecule has 1 amide bonds. The van der Waals surface area contributed by atoms with E-state index in [2.05, 4.69) is 25.2 Å². The lowest BCUT2D eigenvalue weighted by Crippen LogP contribution is -2.37. The van der Waals surface area contributed by atoms with Crippen LogP contribution in [-0.4, -0.2) is 32.3 Å². The number of hydrogen-bond donors (Lipinski definition) is 1. The van der Waals surface area contributed by atoms with E-state index in [-0.39, 0.29) is 11.3 Å². The van der Waals surface area contributed by atoms with Gasteiger partial charge in [0.2, 0.25) is 5.91 Å². The van der Waals surface area contributed by atoms with Crippen molar-refractivity contribution in [2.24, 2.45) is 0 Å². The molecule has 2 aliphatic rings. The number of carbonyl (C=O) groups excluding carboxylic acids is 1. The van der Waals surface area contributed by atoms with E-state index in [0.29, 0.717) is 26.2 Å². The minimum Gasteiger partial charge on any atom is -0.493 e. The maximum absolute atomic E-state index is 12.4. The normalized spacial score (nSPS) is 15.0. The molecule has 2 aromatic rings. The van der Waals surface area contributed by atoms with Crippen LogP contribution in [0, 0.1) is 0 Å². The summed E-state index contributed by atoms with van der Waals surface area (Å²) < 4.78 is 16.8. The van der Waals surface area contributed by atoms with Crippen LogP contribution in [0.1, 0.15) is 30.5 Å². The summed E-state index contributed by atoms with van der Waals surface area (Å²) in [6.45, 7) is 6.67. The van der Waals surface area contributed by atoms with E-state index in [0.717, 1.165) is 41.4 Å². The first kappa shape index (κ1) is 17.7. The van der Waals surface area contributed by atoms with E-state index in [1.54, 1.807) is 0 Å². The van der Waals surface area contributed by atoms with Crippen molar-refractivity contribution in [2.75, 3.05) is 26.4 Å². The number of carbonyl (C=O) groups is 1. The van der Waals surface area contributed by atoms with E-state index >= 15 is 0 Å². The van der Waals surface area contributed by atoms with E-state index in [4.69, 9.17) is 14.2 Å². The first-order chi connectivity index (χ1) is 13.0. The summed E-state index contributed by atoms with van der Waals surface area (Å²) in [7, 11) is 0. The zero-order valence-electron chi connectivity index (χ0n) is 15.8. The van der Waals surface area contributed by atoms with Crippen LogP contribution in [0.3, 0.4) is 0 Å². The Morgan fingerprint density at radius 2 is 1.70 bits per heavy atom. The van der Waals surface area contributed by atoms with Gasteiger partial charge < -0.3 is 19.5 Å². The van der Waals surface area contributed by atoms with Gasteiger partial charge in [-0.25, -0.2) is 0 Å². The molecule has 27 heavy (non-hydrogen) atoms. The zero-order chi connectivity index (χ0) is 18.9. The highest BCUT2D eigenvalue weighted by Crippen LogP contribution is 2.35. The van der Waals surface area contributed by atoms with E-state index in [9.17, 15) is 4.79 Å². The second-order valence-corrected chi connectivity index (χ2v) is 7.74. The van der Waals surface area contributed by atoms with Gasteiger partial charge in [0.05, 0.1) is 13.0 Å². The highest BCUT2D eigenvalue weighted by atomic mass is 16.6. The topological polar surface area (TPSA) is 56.8 Å². The summed E-state index contributed by atoms with van der Waals surface area (Å²) in [6.07, 6.45) is 1.30. The first-order valence-corrected chi connectivity index (χ1v) is 9.43. The number of fused-ring (bicyclic) bond motifs is 2. The van der Waals surface area contributed by atoms with Crippen LogP contribution in [0.15, 0.2) is 36.4 Å². The molecule has 0 unspecified atom stereocenters. The Bertz CT molecular complexity index is 859. The van der Waals surface area contributed by atoms with Crippen molar-refractivity contribution in [3.63, 3.8) is 0 Å². The molecule has 0 atom stereocenters. The molecule has 4 rings (SSSR count). The standard InChI is InChI=1S/C22H25NO4/c1-22(2,17-4-6-19-20(13-17)27-10-9-26-19)14-23-21(24)12-15-3-5-18-16(11-15)7-8-25-18/h3-6,11,13H,7-10,12,14H2,1-2H3,(H,23,24). The Morgan fingerprint density at radius 1 is 0.963 bits per heavy atom. The molecule has 0 aromatic heterocycles. The average Bonchev–Trinajstić information content (AvgIpc) is 3.14. The molecule has 0 aliphatic carbocycles. The van der Waals surface area contributed by atoms with Gasteiger partial charge in [-0.1, -0.05) is 32.0 Å². The van der Waals surface area contributed by atoms with Gasteiger partial charge in [0.1, 0.15) is 19.0 Å². The summed E-state index contributed by atoms with van der Waals surface area (Å²) in [5, 5.41) is 3.08. The number of rotatable bonds is 5. The molecule has 0 fully saturated rings. The van der Waals surface area contributed by atoms with Crippen LogP contribution < -0.4 is 19.5 Å². The van der Waals surface area contributed by atoms with Crippen molar-refractivity contribution in [3.05, 3.63) is 53.1 Å². The van der Waals surface area contributed by atoms with Crippen LogP contribution in [0.2, 0.25) is 0 Å². The SMILES string of the molecule is CC(C)(CNC(=O)Cc1ccc2c(c1)CCO2)c1ccc2c(c1)OCCO2. The zero-order valence-corrected chi connectivity index (χ0v) is 15.8. The summed E-state index contributed by atoms with van der Waals surface area (Å²) in [5.41, 5.74) is 3.12. The van der Waals surface area contributed by atoms with Crippen molar-refractivity contribution in [1.82, 2.24) is 5.32 Å². The predicted molar refractivity (Wildman–Crippen MR) is 103 cm³/mol. The number of benzene rings is 2. The lowest BCUT2D eigenvalue weighted by atomic mass is 9.84. The average molecular weight is 367 g/mol. The second kappa shape index (κ2) is 7.14. The molecule has 2 heterocycles. The van der Waals surface area contributed by atoms with Gasteiger partial charge >= 0.3 is 0 Å². The first-order valence-electron chi connectivity index (χ1n) is 9.43. The molecule has 0 spiro atoms. The summed E-state index contributed by atoms with van der Waals surface area (Å²) in [4.78, 5) is 12.4. The minimum atomic E-state index is -0.211. The van der Waals surface area contributed by atoms with Gasteiger partial charge in [0, 0.05) is 18.4 Å². The van der Waals surface area contributed by atoms with Crippen LogP contribution in [0.5, 0.6) is 17.2 Å². The Balaban J connectivity index is 1.37. The largest absolute Gasteiger partial charge is 0.493 e. The summed E-state index contributed by atoms with van der Waals surface area (Å²) in [5.74, 6) is 2.53. The Morgan fingerprint density at radius 3 is 2.56 bits per heavy atom. The smallest absolute Gasteiger partial charge is 0.224 e. The number of amides is 1. The van der Waals surface area contributed by atoms with Crippen molar-refractivity contribution in [2.45, 2.75) is 32.1 Å². The minimum absolute atomic E-state index is 0.0273. The molecule has 2 aliphatic heterocycles. The maximum atomic E-state index is 12.4. The van der Waals surface area contributed by atoms with Crippen molar-refractivity contribution in [1.29, 1.82) is 0 Å². The van der Waals surface area contributed by atoms with Gasteiger partial charge in [-0.15, -0.1) is 0 Å². The molecular formula is C22H25NO4. The van der Waals surface area contributed by atoms with Gasteiger partial charge in [0.25, 0.3) is 0 Å². The highest BCUT2D eigenvalue weighted by Gasteiger charge is 2.24. The van der Waals surface area contributed by atoms with Crippen molar-refractivity contribution in [3.8, 4) is 17.2 Å². The Hall–Kier alpha value is -2.69. The van der Waals surface area contributed by atoms with Crippen LogP contribution in [-0.2, 0) is 23.1 Å². The molecule has 0 bridgehead atoms. The van der Waals surface area contributed by atoms with Gasteiger partial charge in [-0.3, -0.25) is 4.79 Å². The lowest BCUT2D eigenvalue weighted by molar-refractivity contribution is -0.120. The number of hydrogen-bond acceptors (Lipinski definition) is 4. The molecule has 142 valence electrons. The molecule has 1 N–H and O–H groups in total. The van der Waals surface area contributed by atoms with E-state index in [1.165, 1.54) is 5.56 Å². The summed E-state index contributed by atoms with van der Waals surface area (Å²) >= 11 is 0. The van der Waals surface area contributed by atoms with Crippen LogP contribution in [0.4, 0.5) is 0 Å². The van der Waals surface area contributed by atoms with E-state index < -0.39 is 0 Å². The molecule has 0 saturated carbocycles. The Labute approximate surface area is 159 Å². The third-order valence-corrected chi connectivity index (χ3v) is 5.17. The lowest BCUT2D eigenvalue weighted by Gasteiger charge is -2.28. The van der Waals surface area contributed by atoms with E-state index in [1.807, 2.05) is 30.3 Å². The maximum Gasteiger partial charge on any atom is 0.224 e. The number of ether oxygens (including phenoxy) is 3. The van der Waals surface area contributed by atoms with Crippen molar-refractivity contribution >= 4 is 5.91 Å². The molecule has 0 saturated heterocycles. The fraction of sp³-hybridized carbons (Fsp3) is 0.409. The molecule has 0 radical (unpaired) electrons. The predicted octanol–water partition coefficient (Wildman–Crippen LogP) is 3.03. The highest BCUT2D eigenvalue weighted by molar-refractivity contribution is 5.78. The van der Waals surface area contributed by atoms with Gasteiger partial charge in [-0.2, -0.15) is 0 Å². The molecular weight excluding hydrogens is 342 g/mol. The third kappa shape index (κ3) is 3.87. The number of nitrogens with one attached hydrogen (secondary N) is 1. The quantitative estimate of drug-likeness (QED) is 0.883. The van der Waals surface area contributed by atoms with Crippen LogP contribution in [0.25, 0.3) is 0 Å². The summed E-state index contributed by atoms with van der Waals surface area (Å²) in [6, 6.07) is 12.0. The molecule has 2 aromatic carbocycles. The van der Waals surface area contributed by atoms with Crippen LogP contribution >= 0.6 is 0 Å². The van der Waals surface area contributed by atoms with Gasteiger partial charge in [0.15, 0.2) is 11.5 Å². The van der Waals surface area contributed by atoms with Gasteiger partial charge in [-0.05, 0) is 34.9 Å². The monoisotopic (exact) mass is 367 g/mol. The molecule has 5 heteroatoms. The third-order valence-electron chi connectivity index (χ3n) is 5.17. The van der Waals surface area contributed by atoms with Crippen molar-refractivity contribution < 1.29 is 19.0 Å².